The van der Waals surface area contributed by atoms with Gasteiger partial charge in [0.1, 0.15) is 4.75 Å². The lowest BCUT2D eigenvalue weighted by molar-refractivity contribution is -0.122. The zero-order valence-electron chi connectivity index (χ0n) is 19.1. The van der Waals surface area contributed by atoms with Gasteiger partial charge in [-0.1, -0.05) is 67.8 Å². The molecule has 2 saturated heterocycles. The van der Waals surface area contributed by atoms with Crippen LogP contribution in [-0.4, -0.2) is 24.1 Å². The van der Waals surface area contributed by atoms with E-state index in [0.717, 1.165) is 37.2 Å². The number of nitrogens with zero attached hydrogens (tertiary/aromatic N) is 1. The number of halogens is 2. The van der Waals surface area contributed by atoms with Gasteiger partial charge in [-0.15, -0.1) is 11.8 Å². The van der Waals surface area contributed by atoms with Crippen LogP contribution in [0.25, 0.3) is 0 Å². The van der Waals surface area contributed by atoms with Crippen molar-refractivity contribution in [2.45, 2.75) is 24.0 Å². The smallest absolute Gasteiger partial charge is 0.245 e. The Balaban J connectivity index is 1.51. The molecule has 35 heavy (non-hydrogen) atoms. The summed E-state index contributed by atoms with van der Waals surface area (Å²) in [4.78, 5) is 29.1. The predicted octanol–water partition coefficient (Wildman–Crippen LogP) is 6.87. The maximum atomic E-state index is 13.9. The lowest BCUT2D eigenvalue weighted by atomic mass is 9.66. The largest absolute Gasteiger partial charge is 0.324 e. The van der Waals surface area contributed by atoms with Crippen LogP contribution in [0, 0.1) is 18.8 Å². The van der Waals surface area contributed by atoms with Crippen molar-refractivity contribution in [2.24, 2.45) is 11.8 Å². The van der Waals surface area contributed by atoms with E-state index in [0.29, 0.717) is 13.0 Å². The predicted molar refractivity (Wildman–Crippen MR) is 149 cm³/mol. The maximum Gasteiger partial charge on any atom is 0.245 e. The molecule has 6 rings (SSSR count). The molecule has 0 bridgehead atoms. The molecule has 1 N–H and O–H groups in total. The Morgan fingerprint density at radius 1 is 1.00 bits per heavy atom. The Morgan fingerprint density at radius 2 is 1.74 bits per heavy atom. The molecule has 178 valence electrons. The number of benzene rings is 3. The molecule has 2 amide bonds. The van der Waals surface area contributed by atoms with E-state index in [1.807, 2.05) is 35.2 Å². The number of anilines is 2. The van der Waals surface area contributed by atoms with Gasteiger partial charge in [0.15, 0.2) is 0 Å². The summed E-state index contributed by atoms with van der Waals surface area (Å²) in [6, 6.07) is 22.5. The van der Waals surface area contributed by atoms with Crippen LogP contribution in [0.2, 0.25) is 0 Å². The van der Waals surface area contributed by atoms with Gasteiger partial charge in [-0.25, -0.2) is 0 Å². The monoisotopic (exact) mass is 610 g/mol. The second-order valence-corrected chi connectivity index (χ2v) is 12.7. The van der Waals surface area contributed by atoms with Crippen LogP contribution < -0.4 is 10.2 Å². The van der Waals surface area contributed by atoms with Crippen molar-refractivity contribution in [1.82, 2.24) is 0 Å². The third kappa shape index (κ3) is 3.69. The summed E-state index contributed by atoms with van der Waals surface area (Å²) in [7, 11) is 0. The molecule has 3 aromatic rings. The van der Waals surface area contributed by atoms with Gasteiger partial charge >= 0.3 is 0 Å². The molecule has 0 aliphatic carbocycles. The zero-order chi connectivity index (χ0) is 24.3. The van der Waals surface area contributed by atoms with Crippen molar-refractivity contribution in [3.05, 3.63) is 92.4 Å². The van der Waals surface area contributed by atoms with Crippen molar-refractivity contribution >= 4 is 66.8 Å². The molecule has 0 radical (unpaired) electrons. The summed E-state index contributed by atoms with van der Waals surface area (Å²) in [6.07, 6.45) is 0.499. The van der Waals surface area contributed by atoms with Crippen molar-refractivity contribution in [1.29, 1.82) is 0 Å². The van der Waals surface area contributed by atoms with Gasteiger partial charge in [0.05, 0.1) is 0 Å². The van der Waals surface area contributed by atoms with E-state index < -0.39 is 4.75 Å². The van der Waals surface area contributed by atoms with Gasteiger partial charge in [0, 0.05) is 44.8 Å². The lowest BCUT2D eigenvalue weighted by Gasteiger charge is -2.52. The molecular weight excluding hydrogens is 588 g/mol. The number of piperidine rings is 1. The summed E-state index contributed by atoms with van der Waals surface area (Å²) < 4.78 is 1.19. The van der Waals surface area contributed by atoms with Gasteiger partial charge in [-0.05, 0) is 66.5 Å². The third-order valence-electron chi connectivity index (χ3n) is 7.67. The summed E-state index contributed by atoms with van der Waals surface area (Å²) in [6.45, 7) is 2.65. The summed E-state index contributed by atoms with van der Waals surface area (Å²) >= 11 is 9.05. The fourth-order valence-electron chi connectivity index (χ4n) is 6.03. The highest BCUT2D eigenvalue weighted by Crippen LogP contribution is 2.64. The number of carbonyl (C=O) groups is 2. The molecule has 0 aromatic heterocycles. The Kier molecular flexibility index (Phi) is 5.85. The molecule has 7 heteroatoms. The molecule has 0 unspecified atom stereocenters. The molecule has 3 aliphatic rings. The highest BCUT2D eigenvalue weighted by Gasteiger charge is 2.61. The lowest BCUT2D eigenvalue weighted by Crippen LogP contribution is -2.55. The number of hydrogen-bond donors (Lipinski definition) is 1. The average molecular weight is 612 g/mol. The van der Waals surface area contributed by atoms with Gasteiger partial charge in [0.25, 0.3) is 0 Å². The van der Waals surface area contributed by atoms with Crippen LogP contribution in [-0.2, 0) is 14.3 Å². The van der Waals surface area contributed by atoms with E-state index in [1.54, 1.807) is 11.8 Å². The average Bonchev–Trinajstić information content (AvgIpc) is 3.13. The molecule has 4 atom stereocenters. The summed E-state index contributed by atoms with van der Waals surface area (Å²) in [5.74, 6) is 1.25. The first-order valence-corrected chi connectivity index (χ1v) is 14.3. The van der Waals surface area contributed by atoms with Crippen LogP contribution in [0.5, 0.6) is 0 Å². The second-order valence-electron chi connectivity index (χ2n) is 9.66. The Morgan fingerprint density at radius 3 is 2.49 bits per heavy atom. The molecule has 2 fully saturated rings. The van der Waals surface area contributed by atoms with Crippen molar-refractivity contribution in [3.63, 3.8) is 0 Å². The SMILES string of the molecule is Cc1ccc(N2C[C@H]3[C@@H](CS[C@]4(C(=O)Nc5cccc(Br)c54)[C@@H]3c3ccc(Br)cc3)CC2=O)cc1. The highest BCUT2D eigenvalue weighted by atomic mass is 79.9. The van der Waals surface area contributed by atoms with Crippen LogP contribution in [0.1, 0.15) is 29.0 Å². The Hall–Kier alpha value is -2.09. The molecule has 3 aromatic carbocycles. The maximum absolute atomic E-state index is 13.9. The topological polar surface area (TPSA) is 49.4 Å². The number of nitrogens with one attached hydrogen (secondary N) is 1. The minimum atomic E-state index is -0.760. The van der Waals surface area contributed by atoms with Crippen molar-refractivity contribution < 1.29 is 9.59 Å². The normalized spacial score (nSPS) is 27.5. The first kappa shape index (κ1) is 23.3. The number of carbonyl (C=O) groups excluding carboxylic acids is 2. The van der Waals surface area contributed by atoms with Crippen molar-refractivity contribution in [3.8, 4) is 0 Å². The molecule has 4 nitrogen and oxygen atoms in total. The van der Waals surface area contributed by atoms with Crippen molar-refractivity contribution in [2.75, 3.05) is 22.5 Å². The molecule has 0 saturated carbocycles. The Labute approximate surface area is 226 Å². The third-order valence-corrected chi connectivity index (χ3v) is 10.6. The number of fused-ring (bicyclic) bond motifs is 3. The quantitative estimate of drug-likeness (QED) is 0.344. The van der Waals surface area contributed by atoms with Gasteiger partial charge in [0.2, 0.25) is 11.8 Å². The fraction of sp³-hybridized carbons (Fsp3) is 0.286. The molecule has 3 heterocycles. The van der Waals surface area contributed by atoms with E-state index >= 15 is 0 Å². The van der Waals surface area contributed by atoms with E-state index in [4.69, 9.17) is 0 Å². The summed E-state index contributed by atoms with van der Waals surface area (Å²) in [5.41, 5.74) is 5.13. The van der Waals surface area contributed by atoms with Gasteiger partial charge in [-0.3, -0.25) is 9.59 Å². The first-order valence-electron chi connectivity index (χ1n) is 11.8. The van der Waals surface area contributed by atoms with E-state index in [1.165, 1.54) is 5.56 Å². The highest BCUT2D eigenvalue weighted by molar-refractivity contribution is 9.10. The minimum absolute atomic E-state index is 0.0366. The molecule has 3 aliphatic heterocycles. The number of hydrogen-bond acceptors (Lipinski definition) is 3. The zero-order valence-corrected chi connectivity index (χ0v) is 23.1. The fourth-order valence-corrected chi connectivity index (χ4v) is 8.99. The number of aryl methyl sites for hydroxylation is 1. The van der Waals surface area contributed by atoms with Crippen LogP contribution in [0.15, 0.2) is 75.7 Å². The second kappa shape index (κ2) is 8.79. The first-order chi connectivity index (χ1) is 16.9. The van der Waals surface area contributed by atoms with E-state index in [2.05, 4.69) is 80.5 Å². The number of rotatable bonds is 2. The van der Waals surface area contributed by atoms with E-state index in [9.17, 15) is 9.59 Å². The summed E-state index contributed by atoms with van der Waals surface area (Å²) in [5, 5.41) is 3.18. The standard InChI is InChI=1S/C28H24Br2N2O2S/c1-16-5-11-20(12-6-16)32-14-21-18(13-24(32)33)15-35-28(25(21)17-7-9-19(29)10-8-17)26-22(30)3-2-4-23(26)31-27(28)34/h2-12,18,21,25H,13-15H2,1H3,(H,31,34)/t18-,21+,25-,28-/m1/s1. The minimum Gasteiger partial charge on any atom is -0.324 e. The van der Waals surface area contributed by atoms with Crippen LogP contribution in [0.3, 0.4) is 0 Å². The van der Waals surface area contributed by atoms with Gasteiger partial charge < -0.3 is 10.2 Å². The number of amides is 2. The van der Waals surface area contributed by atoms with Crippen LogP contribution >= 0.6 is 43.6 Å². The Bertz CT molecular complexity index is 1330. The number of thioether (sulfide) groups is 1. The molecular formula is C28H24Br2N2O2S. The van der Waals surface area contributed by atoms with E-state index in [-0.39, 0.29) is 29.6 Å². The van der Waals surface area contributed by atoms with Crippen LogP contribution in [0.4, 0.5) is 11.4 Å². The molecule has 1 spiro atoms. The van der Waals surface area contributed by atoms with Gasteiger partial charge in [-0.2, -0.15) is 0 Å².